The van der Waals surface area contributed by atoms with Gasteiger partial charge in [0, 0.05) is 5.02 Å². The van der Waals surface area contributed by atoms with Gasteiger partial charge in [0.05, 0.1) is 6.10 Å². The molecule has 0 bridgehead atoms. The average Bonchev–Trinajstić information content (AvgIpc) is 2.21. The number of benzene rings is 1. The lowest BCUT2D eigenvalue weighted by Gasteiger charge is -2.23. The Hall–Kier alpha value is -0.600. The molecule has 16 heavy (non-hydrogen) atoms. The largest absolute Gasteiger partial charge is 0.388 e. The van der Waals surface area contributed by atoms with Gasteiger partial charge in [0.25, 0.3) is 0 Å². The fourth-order valence-electron chi connectivity index (χ4n) is 1.55. The van der Waals surface area contributed by atoms with Crippen molar-refractivity contribution in [3.63, 3.8) is 0 Å². The molecule has 0 radical (unpaired) electrons. The second kappa shape index (κ2) is 5.15. The summed E-state index contributed by atoms with van der Waals surface area (Å²) in [4.78, 5) is 0. The zero-order valence-electron chi connectivity index (χ0n) is 10.1. The lowest BCUT2D eigenvalue weighted by molar-refractivity contribution is 0.0921. The number of aryl methyl sites for hydroxylation is 1. The first kappa shape index (κ1) is 13.5. The molecule has 0 aliphatic carbocycles. The smallest absolute Gasteiger partial charge is 0.127 e. The topological polar surface area (TPSA) is 20.2 Å². The van der Waals surface area contributed by atoms with Crippen LogP contribution in [0.1, 0.15) is 38.0 Å². The second-order valence-electron chi connectivity index (χ2n) is 4.67. The molecule has 0 amide bonds. The van der Waals surface area contributed by atoms with Crippen molar-refractivity contribution in [2.24, 2.45) is 11.8 Å². The molecule has 2 unspecified atom stereocenters. The van der Waals surface area contributed by atoms with Crippen LogP contribution < -0.4 is 0 Å². The van der Waals surface area contributed by atoms with E-state index in [1.807, 2.05) is 20.8 Å². The molecule has 3 heteroatoms. The van der Waals surface area contributed by atoms with Crippen molar-refractivity contribution in [3.05, 3.63) is 34.1 Å². The van der Waals surface area contributed by atoms with Crippen molar-refractivity contribution >= 4 is 11.6 Å². The molecule has 0 spiro atoms. The highest BCUT2D eigenvalue weighted by atomic mass is 35.5. The third kappa shape index (κ3) is 2.74. The highest BCUT2D eigenvalue weighted by molar-refractivity contribution is 6.31. The predicted octanol–water partition coefficient (Wildman–Crippen LogP) is 4.11. The quantitative estimate of drug-likeness (QED) is 0.848. The van der Waals surface area contributed by atoms with Crippen LogP contribution in [0, 0.1) is 24.6 Å². The van der Waals surface area contributed by atoms with E-state index in [0.29, 0.717) is 22.1 Å². The first-order valence-corrected chi connectivity index (χ1v) is 5.86. The zero-order chi connectivity index (χ0) is 12.5. The van der Waals surface area contributed by atoms with E-state index in [0.717, 1.165) is 0 Å². The van der Waals surface area contributed by atoms with Gasteiger partial charge in [-0.2, -0.15) is 0 Å². The maximum Gasteiger partial charge on any atom is 0.127 e. The molecule has 1 aromatic carbocycles. The summed E-state index contributed by atoms with van der Waals surface area (Å²) in [5, 5.41) is 10.4. The van der Waals surface area contributed by atoms with Gasteiger partial charge in [-0.3, -0.25) is 0 Å². The Kier molecular flexibility index (Phi) is 4.34. The maximum absolute atomic E-state index is 13.2. The first-order chi connectivity index (χ1) is 7.34. The number of aliphatic hydroxyl groups excluding tert-OH is 1. The summed E-state index contributed by atoms with van der Waals surface area (Å²) in [5.41, 5.74) is 1.12. The summed E-state index contributed by atoms with van der Waals surface area (Å²) in [6.45, 7) is 7.71. The van der Waals surface area contributed by atoms with Crippen LogP contribution in [0.3, 0.4) is 0 Å². The highest BCUT2D eigenvalue weighted by Crippen LogP contribution is 2.33. The Balaban J connectivity index is 3.08. The summed E-state index contributed by atoms with van der Waals surface area (Å²) < 4.78 is 13.2. The molecule has 90 valence electrons. The Morgan fingerprint density at radius 1 is 1.25 bits per heavy atom. The van der Waals surface area contributed by atoms with Gasteiger partial charge in [0.15, 0.2) is 0 Å². The number of hydrogen-bond acceptors (Lipinski definition) is 1. The molecule has 2 atom stereocenters. The standard InChI is InChI=1S/C13H18ClFO/c1-7(2)9(4)13(16)10-5-8(3)12(15)6-11(10)14/h5-7,9,13,16H,1-4H3. The molecule has 1 N–H and O–H groups in total. The molecule has 1 nitrogen and oxygen atoms in total. The lowest BCUT2D eigenvalue weighted by Crippen LogP contribution is -2.15. The van der Waals surface area contributed by atoms with Gasteiger partial charge in [0.2, 0.25) is 0 Å². The lowest BCUT2D eigenvalue weighted by atomic mass is 9.88. The maximum atomic E-state index is 13.2. The van der Waals surface area contributed by atoms with Crippen LogP contribution in [0.15, 0.2) is 12.1 Å². The molecular formula is C13H18ClFO. The van der Waals surface area contributed by atoms with Crippen LogP contribution in [0.2, 0.25) is 5.02 Å². The molecule has 0 saturated heterocycles. The SMILES string of the molecule is Cc1cc(C(O)C(C)C(C)C)c(Cl)cc1F. The molecule has 1 aromatic rings. The summed E-state index contributed by atoms with van der Waals surface area (Å²) in [6, 6.07) is 2.89. The summed E-state index contributed by atoms with van der Waals surface area (Å²) in [5.74, 6) is 0.0944. The molecule has 0 heterocycles. The first-order valence-electron chi connectivity index (χ1n) is 5.48. The summed E-state index contributed by atoms with van der Waals surface area (Å²) in [7, 11) is 0. The van der Waals surface area contributed by atoms with E-state index in [4.69, 9.17) is 11.6 Å². The number of hydrogen-bond donors (Lipinski definition) is 1. The second-order valence-corrected chi connectivity index (χ2v) is 5.08. The minimum Gasteiger partial charge on any atom is -0.388 e. The molecule has 0 saturated carbocycles. The van der Waals surface area contributed by atoms with Crippen LogP contribution in [-0.4, -0.2) is 5.11 Å². The third-order valence-corrected chi connectivity index (χ3v) is 3.47. The normalized spacial score (nSPS) is 15.2. The van der Waals surface area contributed by atoms with Gasteiger partial charge in [-0.05, 0) is 42.0 Å². The fourth-order valence-corrected chi connectivity index (χ4v) is 1.82. The minimum absolute atomic E-state index is 0.0855. The van der Waals surface area contributed by atoms with E-state index in [1.165, 1.54) is 6.07 Å². The van der Waals surface area contributed by atoms with Gasteiger partial charge in [-0.15, -0.1) is 0 Å². The van der Waals surface area contributed by atoms with E-state index < -0.39 is 6.10 Å². The van der Waals surface area contributed by atoms with E-state index in [1.54, 1.807) is 13.0 Å². The van der Waals surface area contributed by atoms with Gasteiger partial charge in [0.1, 0.15) is 5.82 Å². The summed E-state index contributed by atoms with van der Waals surface area (Å²) >= 11 is 5.95. The van der Waals surface area contributed by atoms with Gasteiger partial charge in [-0.25, -0.2) is 4.39 Å². The van der Waals surface area contributed by atoms with Crippen LogP contribution >= 0.6 is 11.6 Å². The van der Waals surface area contributed by atoms with Gasteiger partial charge >= 0.3 is 0 Å². The van der Waals surface area contributed by atoms with Gasteiger partial charge in [-0.1, -0.05) is 32.4 Å². The van der Waals surface area contributed by atoms with Crippen LogP contribution in [0.25, 0.3) is 0 Å². The monoisotopic (exact) mass is 244 g/mol. The van der Waals surface area contributed by atoms with E-state index >= 15 is 0 Å². The Morgan fingerprint density at radius 3 is 2.31 bits per heavy atom. The van der Waals surface area contributed by atoms with Crippen molar-refractivity contribution in [1.82, 2.24) is 0 Å². The van der Waals surface area contributed by atoms with Crippen molar-refractivity contribution in [1.29, 1.82) is 0 Å². The van der Waals surface area contributed by atoms with E-state index in [-0.39, 0.29) is 11.7 Å². The van der Waals surface area contributed by atoms with Crippen molar-refractivity contribution < 1.29 is 9.50 Å². The summed E-state index contributed by atoms with van der Waals surface area (Å²) in [6.07, 6.45) is -0.646. The Morgan fingerprint density at radius 2 is 1.81 bits per heavy atom. The van der Waals surface area contributed by atoms with E-state index in [9.17, 15) is 9.50 Å². The predicted molar refractivity (Wildman–Crippen MR) is 65.1 cm³/mol. The van der Waals surface area contributed by atoms with Crippen LogP contribution in [0.4, 0.5) is 4.39 Å². The Labute approximate surface area is 101 Å². The fraction of sp³-hybridized carbons (Fsp3) is 0.538. The highest BCUT2D eigenvalue weighted by Gasteiger charge is 2.22. The van der Waals surface area contributed by atoms with Crippen molar-refractivity contribution in [3.8, 4) is 0 Å². The zero-order valence-corrected chi connectivity index (χ0v) is 10.8. The Bertz CT molecular complexity index is 376. The molecular weight excluding hydrogens is 227 g/mol. The van der Waals surface area contributed by atoms with Gasteiger partial charge < -0.3 is 5.11 Å². The van der Waals surface area contributed by atoms with Crippen LogP contribution in [-0.2, 0) is 0 Å². The van der Waals surface area contributed by atoms with Crippen molar-refractivity contribution in [2.45, 2.75) is 33.8 Å². The molecule has 0 aromatic heterocycles. The molecule has 0 fully saturated rings. The third-order valence-electron chi connectivity index (χ3n) is 3.15. The number of halogens is 2. The molecule has 0 aliphatic heterocycles. The number of rotatable bonds is 3. The average molecular weight is 245 g/mol. The van der Waals surface area contributed by atoms with Crippen molar-refractivity contribution in [2.75, 3.05) is 0 Å². The minimum atomic E-state index is -0.646. The number of aliphatic hydroxyl groups is 1. The molecule has 1 rings (SSSR count). The van der Waals surface area contributed by atoms with Crippen LogP contribution in [0.5, 0.6) is 0 Å². The molecule has 0 aliphatic rings. The van der Waals surface area contributed by atoms with E-state index in [2.05, 4.69) is 0 Å².